The average Bonchev–Trinajstić information content (AvgIpc) is 2.33. The highest BCUT2D eigenvalue weighted by atomic mass is 79.9. The molecule has 0 bridgehead atoms. The van der Waals surface area contributed by atoms with Crippen LogP contribution in [0.5, 0.6) is 0 Å². The number of aromatic nitrogens is 1. The predicted octanol–water partition coefficient (Wildman–Crippen LogP) is 3.29. The van der Waals surface area contributed by atoms with E-state index < -0.39 is 5.97 Å². The quantitative estimate of drug-likeness (QED) is 0.911. The van der Waals surface area contributed by atoms with Crippen molar-refractivity contribution in [1.29, 1.82) is 0 Å². The summed E-state index contributed by atoms with van der Waals surface area (Å²) in [5.41, 5.74) is 1.04. The number of rotatable bonds is 3. The van der Waals surface area contributed by atoms with Gasteiger partial charge in [0.2, 0.25) is 0 Å². The molecule has 0 amide bonds. The summed E-state index contributed by atoms with van der Waals surface area (Å²) in [6.45, 7) is 0. The van der Waals surface area contributed by atoms with Gasteiger partial charge < -0.3 is 10.4 Å². The minimum Gasteiger partial charge on any atom is -0.478 e. The summed E-state index contributed by atoms with van der Waals surface area (Å²) in [6.07, 6.45) is 1.32. The largest absolute Gasteiger partial charge is 0.478 e. The number of halogens is 1. The Balaban J connectivity index is 2.26. The van der Waals surface area contributed by atoms with Gasteiger partial charge in [0.05, 0.1) is 10.0 Å². The zero-order valence-corrected chi connectivity index (χ0v) is 10.3. The van der Waals surface area contributed by atoms with Gasteiger partial charge in [0.25, 0.3) is 0 Å². The molecule has 2 aromatic rings. The van der Waals surface area contributed by atoms with Crippen molar-refractivity contribution in [2.24, 2.45) is 0 Å². The number of hydrogen-bond acceptors (Lipinski definition) is 3. The lowest BCUT2D eigenvalue weighted by molar-refractivity contribution is 0.0696. The van der Waals surface area contributed by atoms with Crippen molar-refractivity contribution in [3.63, 3.8) is 0 Å². The van der Waals surface area contributed by atoms with E-state index in [-0.39, 0.29) is 5.56 Å². The molecule has 0 spiro atoms. The number of carboxylic acid groups (broad SMARTS) is 1. The lowest BCUT2D eigenvalue weighted by Gasteiger charge is -2.07. The maximum atomic E-state index is 10.7. The van der Waals surface area contributed by atoms with Crippen LogP contribution in [-0.2, 0) is 0 Å². The molecule has 1 aromatic heterocycles. The predicted molar refractivity (Wildman–Crippen MR) is 68.6 cm³/mol. The third-order valence-electron chi connectivity index (χ3n) is 2.12. The number of pyridine rings is 1. The Hall–Kier alpha value is -1.88. The Morgan fingerprint density at radius 2 is 2.00 bits per heavy atom. The van der Waals surface area contributed by atoms with Gasteiger partial charge in [-0.3, -0.25) is 0 Å². The van der Waals surface area contributed by atoms with Gasteiger partial charge >= 0.3 is 5.97 Å². The number of anilines is 2. The fraction of sp³-hybridized carbons (Fsp3) is 0. The lowest BCUT2D eigenvalue weighted by Crippen LogP contribution is -2.00. The smallest absolute Gasteiger partial charge is 0.337 e. The van der Waals surface area contributed by atoms with E-state index >= 15 is 0 Å². The molecule has 86 valence electrons. The van der Waals surface area contributed by atoms with Crippen molar-refractivity contribution in [1.82, 2.24) is 4.98 Å². The Bertz CT molecular complexity index is 543. The van der Waals surface area contributed by atoms with Gasteiger partial charge in [-0.1, -0.05) is 18.2 Å². The standard InChI is InChI=1S/C12H9BrN2O2/c13-10-6-8(12(16)17)7-14-11(10)15-9-4-2-1-3-5-9/h1-7H,(H,14,15)(H,16,17). The van der Waals surface area contributed by atoms with Gasteiger partial charge in [-0.25, -0.2) is 9.78 Å². The first kappa shape index (κ1) is 11.6. The molecule has 0 saturated heterocycles. The number of hydrogen-bond donors (Lipinski definition) is 2. The number of nitrogens with one attached hydrogen (secondary N) is 1. The number of carbonyl (C=O) groups is 1. The molecule has 0 atom stereocenters. The number of aromatic carboxylic acids is 1. The van der Waals surface area contributed by atoms with E-state index in [2.05, 4.69) is 26.2 Å². The molecule has 1 aromatic carbocycles. The van der Waals surface area contributed by atoms with Gasteiger partial charge in [-0.05, 0) is 34.1 Å². The maximum absolute atomic E-state index is 10.7. The molecule has 0 aliphatic heterocycles. The van der Waals surface area contributed by atoms with Crippen LogP contribution in [0.15, 0.2) is 47.1 Å². The SMILES string of the molecule is O=C(O)c1cnc(Nc2ccccc2)c(Br)c1. The first-order valence-corrected chi connectivity index (χ1v) is 5.67. The normalized spacial score (nSPS) is 9.94. The van der Waals surface area contributed by atoms with E-state index in [4.69, 9.17) is 5.11 Å². The van der Waals surface area contributed by atoms with Gasteiger partial charge in [-0.15, -0.1) is 0 Å². The summed E-state index contributed by atoms with van der Waals surface area (Å²) in [5.74, 6) is -0.411. The van der Waals surface area contributed by atoms with Crippen LogP contribution in [0.2, 0.25) is 0 Å². The molecule has 0 radical (unpaired) electrons. The van der Waals surface area contributed by atoms with Crippen molar-refractivity contribution >= 4 is 33.4 Å². The third kappa shape index (κ3) is 2.82. The first-order valence-electron chi connectivity index (χ1n) is 4.88. The van der Waals surface area contributed by atoms with Crippen LogP contribution in [-0.4, -0.2) is 16.1 Å². The van der Waals surface area contributed by atoms with Gasteiger partial charge in [0.15, 0.2) is 0 Å². The summed E-state index contributed by atoms with van der Waals surface area (Å²) in [6, 6.07) is 11.0. The van der Waals surface area contributed by atoms with Crippen molar-refractivity contribution in [3.05, 3.63) is 52.6 Å². The Labute approximate surface area is 106 Å². The maximum Gasteiger partial charge on any atom is 0.337 e. The van der Waals surface area contributed by atoms with Crippen LogP contribution in [0.25, 0.3) is 0 Å². The van der Waals surface area contributed by atoms with E-state index in [0.29, 0.717) is 10.3 Å². The highest BCUT2D eigenvalue weighted by molar-refractivity contribution is 9.10. The van der Waals surface area contributed by atoms with E-state index in [1.54, 1.807) is 0 Å². The highest BCUT2D eigenvalue weighted by Gasteiger charge is 2.07. The second-order valence-electron chi connectivity index (χ2n) is 3.35. The Morgan fingerprint density at radius 3 is 2.59 bits per heavy atom. The lowest BCUT2D eigenvalue weighted by atomic mass is 10.3. The third-order valence-corrected chi connectivity index (χ3v) is 2.73. The number of para-hydroxylation sites is 1. The molecule has 0 saturated carbocycles. The molecule has 2 rings (SSSR count). The van der Waals surface area contributed by atoms with Gasteiger partial charge in [0, 0.05) is 11.9 Å². The van der Waals surface area contributed by atoms with Crippen molar-refractivity contribution in [2.45, 2.75) is 0 Å². The van der Waals surface area contributed by atoms with E-state index in [1.165, 1.54) is 12.3 Å². The second kappa shape index (κ2) is 4.97. The molecule has 0 fully saturated rings. The summed E-state index contributed by atoms with van der Waals surface area (Å²) in [4.78, 5) is 14.8. The fourth-order valence-electron chi connectivity index (χ4n) is 1.31. The topological polar surface area (TPSA) is 62.2 Å². The molecule has 2 N–H and O–H groups in total. The Morgan fingerprint density at radius 1 is 1.29 bits per heavy atom. The molecule has 5 heteroatoms. The molecule has 17 heavy (non-hydrogen) atoms. The summed E-state index contributed by atoms with van der Waals surface area (Å²) < 4.78 is 0.612. The number of benzene rings is 1. The van der Waals surface area contributed by atoms with Crippen molar-refractivity contribution in [2.75, 3.05) is 5.32 Å². The average molecular weight is 293 g/mol. The monoisotopic (exact) mass is 292 g/mol. The molecular formula is C12H9BrN2O2. The second-order valence-corrected chi connectivity index (χ2v) is 4.20. The summed E-state index contributed by atoms with van der Waals surface area (Å²) in [5, 5.41) is 11.9. The van der Waals surface area contributed by atoms with Gasteiger partial charge in [-0.2, -0.15) is 0 Å². The molecule has 4 nitrogen and oxygen atoms in total. The van der Waals surface area contributed by atoms with Crippen LogP contribution < -0.4 is 5.32 Å². The van der Waals surface area contributed by atoms with Crippen LogP contribution in [0.3, 0.4) is 0 Å². The van der Waals surface area contributed by atoms with E-state index in [0.717, 1.165) is 5.69 Å². The molecule has 0 aliphatic carbocycles. The van der Waals surface area contributed by atoms with Crippen LogP contribution in [0.4, 0.5) is 11.5 Å². The molecular weight excluding hydrogens is 284 g/mol. The number of nitrogens with zero attached hydrogens (tertiary/aromatic N) is 1. The molecule has 1 heterocycles. The molecule has 0 unspecified atom stereocenters. The van der Waals surface area contributed by atoms with Gasteiger partial charge in [0.1, 0.15) is 5.82 Å². The fourth-order valence-corrected chi connectivity index (χ4v) is 1.75. The van der Waals surface area contributed by atoms with Crippen molar-refractivity contribution in [3.8, 4) is 0 Å². The minimum atomic E-state index is -0.996. The highest BCUT2D eigenvalue weighted by Crippen LogP contribution is 2.24. The zero-order chi connectivity index (χ0) is 12.3. The van der Waals surface area contributed by atoms with E-state index in [9.17, 15) is 4.79 Å². The zero-order valence-electron chi connectivity index (χ0n) is 8.72. The first-order chi connectivity index (χ1) is 8.16. The number of carboxylic acids is 1. The van der Waals surface area contributed by atoms with Crippen LogP contribution in [0.1, 0.15) is 10.4 Å². The van der Waals surface area contributed by atoms with Crippen LogP contribution >= 0.6 is 15.9 Å². The minimum absolute atomic E-state index is 0.149. The summed E-state index contributed by atoms with van der Waals surface area (Å²) >= 11 is 3.28. The molecule has 0 aliphatic rings. The van der Waals surface area contributed by atoms with Crippen LogP contribution in [0, 0.1) is 0 Å². The summed E-state index contributed by atoms with van der Waals surface area (Å²) in [7, 11) is 0. The Kier molecular flexibility index (Phi) is 3.39. The van der Waals surface area contributed by atoms with Crippen molar-refractivity contribution < 1.29 is 9.90 Å². The van der Waals surface area contributed by atoms with E-state index in [1.807, 2.05) is 30.3 Å².